The zero-order valence-corrected chi connectivity index (χ0v) is 20.6. The summed E-state index contributed by atoms with van der Waals surface area (Å²) in [7, 11) is 0. The van der Waals surface area contributed by atoms with Crippen molar-refractivity contribution < 1.29 is 14.7 Å². The molecule has 34 heavy (non-hydrogen) atoms. The van der Waals surface area contributed by atoms with Crippen molar-refractivity contribution in [3.05, 3.63) is 69.8 Å². The van der Waals surface area contributed by atoms with Gasteiger partial charge >= 0.3 is 6.03 Å². The highest BCUT2D eigenvalue weighted by Gasteiger charge is 2.22. The van der Waals surface area contributed by atoms with E-state index >= 15 is 0 Å². The van der Waals surface area contributed by atoms with Crippen LogP contribution in [0.1, 0.15) is 38.1 Å². The molecular weight excluding hydrogens is 477 g/mol. The normalized spacial score (nSPS) is 12.3. The Kier molecular flexibility index (Phi) is 8.33. The lowest BCUT2D eigenvalue weighted by atomic mass is 9.92. The highest BCUT2D eigenvalue weighted by atomic mass is 35.5. The van der Waals surface area contributed by atoms with E-state index in [1.807, 2.05) is 32.9 Å². The number of hydrogen-bond donors (Lipinski definition) is 4. The van der Waals surface area contributed by atoms with Gasteiger partial charge in [-0.25, -0.2) is 9.48 Å². The van der Waals surface area contributed by atoms with Gasteiger partial charge in [-0.3, -0.25) is 5.32 Å². The number of nitrogens with one attached hydrogen (secondary N) is 3. The predicted octanol–water partition coefficient (Wildman–Crippen LogP) is 4.94. The van der Waals surface area contributed by atoms with E-state index in [9.17, 15) is 9.59 Å². The van der Waals surface area contributed by atoms with Gasteiger partial charge in [0.2, 0.25) is 0 Å². The van der Waals surface area contributed by atoms with Crippen molar-refractivity contribution in [2.45, 2.75) is 32.2 Å². The number of aliphatic hydroxyl groups excluding tert-OH is 1. The Balaban J connectivity index is 1.94. The Morgan fingerprint density at radius 1 is 1.15 bits per heavy atom. The Labute approximate surface area is 208 Å². The Hall–Kier alpha value is -2.91. The minimum Gasteiger partial charge on any atom is -0.395 e. The molecule has 4 N–H and O–H groups in total. The maximum atomic E-state index is 12.8. The monoisotopic (exact) mass is 503 g/mol. The van der Waals surface area contributed by atoms with Gasteiger partial charge in [0.25, 0.3) is 0 Å². The number of carbonyl (C=O) groups is 2. The van der Waals surface area contributed by atoms with Crippen molar-refractivity contribution in [3.63, 3.8) is 0 Å². The molecule has 2 amide bonds. The molecule has 0 saturated carbocycles. The van der Waals surface area contributed by atoms with Crippen LogP contribution in [-0.2, 0) is 10.2 Å². The molecule has 1 heterocycles. The Morgan fingerprint density at radius 3 is 2.56 bits per heavy atom. The summed E-state index contributed by atoms with van der Waals surface area (Å²) in [6.07, 6.45) is 0.778. The zero-order chi connectivity index (χ0) is 24.9. The lowest BCUT2D eigenvalue weighted by Gasteiger charge is -2.15. The summed E-state index contributed by atoms with van der Waals surface area (Å²) in [5.41, 5.74) is 2.22. The first-order valence-electron chi connectivity index (χ1n) is 10.7. The molecule has 0 radical (unpaired) electrons. The van der Waals surface area contributed by atoms with Crippen molar-refractivity contribution in [1.29, 1.82) is 0 Å². The molecule has 2 aromatic carbocycles. The number of hydrogen-bond acceptors (Lipinski definition) is 5. The van der Waals surface area contributed by atoms with Crippen LogP contribution < -0.4 is 16.0 Å². The molecule has 3 rings (SSSR count). The predicted molar refractivity (Wildman–Crippen MR) is 135 cm³/mol. The maximum absolute atomic E-state index is 12.8. The van der Waals surface area contributed by atoms with Crippen LogP contribution in [0.4, 0.5) is 16.3 Å². The van der Waals surface area contributed by atoms with Gasteiger partial charge in [0.05, 0.1) is 39.8 Å². The molecule has 0 aliphatic heterocycles. The van der Waals surface area contributed by atoms with E-state index in [2.05, 4.69) is 16.0 Å². The molecule has 1 aromatic heterocycles. The molecule has 10 heteroatoms. The molecule has 0 aliphatic rings. The van der Waals surface area contributed by atoms with Gasteiger partial charge in [0, 0.05) is 18.0 Å². The summed E-state index contributed by atoms with van der Waals surface area (Å²) in [5, 5.41) is 22.9. The minimum atomic E-state index is -0.588. The van der Waals surface area contributed by atoms with Gasteiger partial charge in [-0.1, -0.05) is 62.2 Å². The third kappa shape index (κ3) is 6.15. The smallest absolute Gasteiger partial charge is 0.324 e. The summed E-state index contributed by atoms with van der Waals surface area (Å²) < 4.78 is 1.61. The molecule has 3 aromatic rings. The van der Waals surface area contributed by atoms with E-state index in [4.69, 9.17) is 33.4 Å². The van der Waals surface area contributed by atoms with Crippen LogP contribution in [0.3, 0.4) is 0 Å². The summed E-state index contributed by atoms with van der Waals surface area (Å²) in [6, 6.07) is 12.9. The molecule has 0 spiro atoms. The fraction of sp³-hybridized carbons (Fsp3) is 0.292. The minimum absolute atomic E-state index is 0.0854. The number of urea groups is 1. The number of anilines is 2. The average molecular weight is 504 g/mol. The van der Waals surface area contributed by atoms with Crippen molar-refractivity contribution in [1.82, 2.24) is 15.1 Å². The van der Waals surface area contributed by atoms with Crippen LogP contribution in [0.25, 0.3) is 5.69 Å². The van der Waals surface area contributed by atoms with Crippen LogP contribution >= 0.6 is 23.2 Å². The second-order valence-corrected chi connectivity index (χ2v) is 9.43. The van der Waals surface area contributed by atoms with Crippen LogP contribution in [0.5, 0.6) is 0 Å². The van der Waals surface area contributed by atoms with E-state index in [1.165, 1.54) is 0 Å². The number of carbonyl (C=O) groups excluding carboxylic acids is 2. The van der Waals surface area contributed by atoms with Gasteiger partial charge < -0.3 is 20.5 Å². The van der Waals surface area contributed by atoms with Crippen LogP contribution in [0.2, 0.25) is 10.0 Å². The van der Waals surface area contributed by atoms with E-state index in [0.29, 0.717) is 27.8 Å². The van der Waals surface area contributed by atoms with Gasteiger partial charge in [0.15, 0.2) is 0 Å². The first kappa shape index (κ1) is 25.7. The molecule has 0 saturated heterocycles. The van der Waals surface area contributed by atoms with Crippen LogP contribution in [-0.4, -0.2) is 40.4 Å². The summed E-state index contributed by atoms with van der Waals surface area (Å²) in [5.74, 6) is 0.434. The number of rotatable bonds is 8. The van der Waals surface area contributed by atoms with E-state index in [1.54, 1.807) is 41.1 Å². The van der Waals surface area contributed by atoms with Crippen molar-refractivity contribution in [3.8, 4) is 5.69 Å². The number of aldehydes is 1. The third-order valence-corrected chi connectivity index (χ3v) is 5.82. The maximum Gasteiger partial charge on any atom is 0.324 e. The number of aliphatic hydroxyl groups is 1. The molecule has 1 unspecified atom stereocenters. The van der Waals surface area contributed by atoms with Gasteiger partial charge in [-0.05, 0) is 29.8 Å². The van der Waals surface area contributed by atoms with Gasteiger partial charge in [-0.2, -0.15) is 5.10 Å². The van der Waals surface area contributed by atoms with Crippen LogP contribution in [0.15, 0.2) is 48.5 Å². The second-order valence-electron chi connectivity index (χ2n) is 8.64. The summed E-state index contributed by atoms with van der Waals surface area (Å²) in [6.45, 7) is 6.26. The van der Waals surface area contributed by atoms with E-state index in [-0.39, 0.29) is 23.6 Å². The molecule has 0 bridgehead atoms. The number of benzene rings is 2. The first-order chi connectivity index (χ1) is 16.1. The average Bonchev–Trinajstić information content (AvgIpc) is 3.22. The topological polar surface area (TPSA) is 108 Å². The number of nitrogens with zero attached hydrogens (tertiary/aromatic N) is 2. The molecular formula is C24H27Cl2N5O3. The molecule has 1 atom stereocenters. The van der Waals surface area contributed by atoms with Crippen LogP contribution in [0, 0.1) is 0 Å². The Bertz CT molecular complexity index is 1170. The third-order valence-electron chi connectivity index (χ3n) is 5.01. The van der Waals surface area contributed by atoms with Crippen molar-refractivity contribution in [2.24, 2.45) is 0 Å². The summed E-state index contributed by atoms with van der Waals surface area (Å²) >= 11 is 12.2. The second kappa shape index (κ2) is 11.0. The lowest BCUT2D eigenvalue weighted by Crippen LogP contribution is -2.25. The highest BCUT2D eigenvalue weighted by Crippen LogP contribution is 2.30. The molecule has 0 fully saturated rings. The van der Waals surface area contributed by atoms with E-state index in [0.717, 1.165) is 12.0 Å². The Morgan fingerprint density at radius 2 is 1.88 bits per heavy atom. The number of amides is 2. The lowest BCUT2D eigenvalue weighted by molar-refractivity contribution is -0.109. The standard InChI is InChI=1S/C24H27Cl2N5O3/c1-24(2,3)20-13-21(29-23(34)28-18-9-5-8-17(25)22(18)26)31(30-20)16-7-4-6-15(12-16)19(14-33)27-10-11-32/h4-9,12-14,19,27,32H,10-11H2,1-3H3,(H2,28,29,34). The van der Waals surface area contributed by atoms with E-state index < -0.39 is 12.1 Å². The molecule has 0 aliphatic carbocycles. The highest BCUT2D eigenvalue weighted by molar-refractivity contribution is 6.44. The van der Waals surface area contributed by atoms with Gasteiger partial charge in [-0.15, -0.1) is 0 Å². The van der Waals surface area contributed by atoms with Crippen molar-refractivity contribution in [2.75, 3.05) is 23.8 Å². The molecule has 8 nitrogen and oxygen atoms in total. The largest absolute Gasteiger partial charge is 0.395 e. The quantitative estimate of drug-likeness (QED) is 0.325. The zero-order valence-electron chi connectivity index (χ0n) is 19.1. The SMILES string of the molecule is CC(C)(C)c1cc(NC(=O)Nc2cccc(Cl)c2Cl)n(-c2cccc(C(C=O)NCCO)c2)n1. The van der Waals surface area contributed by atoms with Gasteiger partial charge in [0.1, 0.15) is 12.1 Å². The van der Waals surface area contributed by atoms with Crippen molar-refractivity contribution >= 4 is 47.0 Å². The summed E-state index contributed by atoms with van der Waals surface area (Å²) in [4.78, 5) is 24.4. The number of halogens is 2. The number of aromatic nitrogens is 2. The first-order valence-corrected chi connectivity index (χ1v) is 11.4. The fourth-order valence-corrected chi connectivity index (χ4v) is 3.57. The molecule has 180 valence electrons. The fourth-order valence-electron chi connectivity index (χ4n) is 3.22.